The number of aromatic amines is 1. The van der Waals surface area contributed by atoms with E-state index in [1.165, 1.54) is 6.92 Å². The molecule has 7 rings (SSSR count). The Morgan fingerprint density at radius 1 is 0.506 bits per heavy atom. The van der Waals surface area contributed by atoms with Gasteiger partial charge < -0.3 is 63.5 Å². The SMILES string of the molecule is CC(C)NCc1ccc(C[C@@H]2NC(=O)[C@@H](Cc3c[nH]c4ccccc34)NC(=O)[C@H](Cc3ccccc3)NC(=O)[C@H](Cc3ccccc3)NC(=O)[C@H](N)CSSC[C@@H](C(=O)O)NC(=O)[C@H](Cc3ccccc3)NC(=O)[C@@H]([C@@H](C)O)NC2=O)cc1. The topological polar surface area (TPSA) is 315 Å². The summed E-state index contributed by atoms with van der Waals surface area (Å²) in [6, 6.07) is 29.9. The van der Waals surface area contributed by atoms with Gasteiger partial charge in [-0.05, 0) is 46.4 Å². The van der Waals surface area contributed by atoms with Crippen molar-refractivity contribution < 1.29 is 48.6 Å². The first kappa shape index (κ1) is 62.6. The Hall–Kier alpha value is -8.02. The minimum Gasteiger partial charge on any atom is -0.480 e. The van der Waals surface area contributed by atoms with Crippen LogP contribution < -0.4 is 48.3 Å². The van der Waals surface area contributed by atoms with Crippen molar-refractivity contribution >= 4 is 79.8 Å². The van der Waals surface area contributed by atoms with Crippen LogP contribution in [0.3, 0.4) is 0 Å². The lowest BCUT2D eigenvalue weighted by molar-refractivity contribution is -0.141. The number of carboxylic acid groups (broad SMARTS) is 1. The van der Waals surface area contributed by atoms with Crippen LogP contribution in [0.4, 0.5) is 0 Å². The summed E-state index contributed by atoms with van der Waals surface area (Å²) >= 11 is 0. The van der Waals surface area contributed by atoms with Gasteiger partial charge in [-0.25, -0.2) is 4.79 Å². The summed E-state index contributed by atoms with van der Waals surface area (Å²) in [7, 11) is 2.08. The molecule has 1 saturated heterocycles. The van der Waals surface area contributed by atoms with Crippen molar-refractivity contribution in [2.45, 2.75) is 120 Å². The van der Waals surface area contributed by atoms with Gasteiger partial charge in [0.2, 0.25) is 41.4 Å². The van der Waals surface area contributed by atoms with E-state index in [2.05, 4.69) is 47.5 Å². The highest BCUT2D eigenvalue weighted by molar-refractivity contribution is 8.76. The molecule has 83 heavy (non-hydrogen) atoms. The van der Waals surface area contributed by atoms with Crippen molar-refractivity contribution in [3.8, 4) is 0 Å². The zero-order valence-corrected chi connectivity index (χ0v) is 48.0. The molecule has 1 aromatic heterocycles. The Kier molecular flexibility index (Phi) is 23.3. The second-order valence-corrected chi connectivity index (χ2v) is 23.3. The summed E-state index contributed by atoms with van der Waals surface area (Å²) in [5.41, 5.74) is 11.2. The number of aliphatic carboxylic acids is 1. The predicted molar refractivity (Wildman–Crippen MR) is 320 cm³/mol. The minimum atomic E-state index is -1.73. The maximum atomic E-state index is 15.2. The molecule has 13 N–H and O–H groups in total. The number of carbonyl (C=O) groups excluding carboxylic acids is 7. The number of fused-ring (bicyclic) bond motifs is 1. The minimum absolute atomic E-state index is 0.0130. The lowest BCUT2D eigenvalue weighted by Gasteiger charge is -2.29. The summed E-state index contributed by atoms with van der Waals surface area (Å²) in [4.78, 5) is 118. The smallest absolute Gasteiger partial charge is 0.327 e. The third-order valence-electron chi connectivity index (χ3n) is 13.9. The van der Waals surface area contributed by atoms with Crippen LogP contribution in [0.5, 0.6) is 0 Å². The normalized spacial score (nSPS) is 22.7. The summed E-state index contributed by atoms with van der Waals surface area (Å²) in [6.07, 6.45) is -0.332. The number of H-pyrrole nitrogens is 1. The summed E-state index contributed by atoms with van der Waals surface area (Å²) in [6.45, 7) is 5.85. The van der Waals surface area contributed by atoms with Crippen molar-refractivity contribution in [2.75, 3.05) is 11.5 Å². The number of carboxylic acids is 1. The molecule has 0 spiro atoms. The molecular weight excluding hydrogens is 1100 g/mol. The van der Waals surface area contributed by atoms with Gasteiger partial charge in [0.05, 0.1) is 12.1 Å². The van der Waals surface area contributed by atoms with Crippen LogP contribution in [0.25, 0.3) is 10.9 Å². The average Bonchev–Trinajstić information content (AvgIpc) is 4.05. The molecule has 5 aromatic carbocycles. The molecule has 6 aromatic rings. The Morgan fingerprint density at radius 2 is 0.904 bits per heavy atom. The van der Waals surface area contributed by atoms with E-state index in [-0.39, 0.29) is 49.7 Å². The first-order valence-electron chi connectivity index (χ1n) is 27.4. The van der Waals surface area contributed by atoms with Gasteiger partial charge in [-0.3, -0.25) is 33.6 Å². The highest BCUT2D eigenvalue weighted by Gasteiger charge is 2.37. The zero-order chi connectivity index (χ0) is 59.4. The molecule has 22 heteroatoms. The number of aliphatic hydroxyl groups excluding tert-OH is 1. The standard InChI is InChI=1S/C61H72N10O10S2/c1-36(2)63-32-42-25-23-41(24-26-42)30-50-59(78)71-53(37(3)72)60(79)69-49(29-40-19-11-6-12-20-40)57(76)70-52(61(80)81)35-83-82-34-45(62)54(73)65-47(27-38-15-7-4-8-16-38)55(74)66-48(28-39-17-9-5-10-18-39)56(75)68-51(58(77)67-50)31-43-33-64-46-22-14-13-21-44(43)46/h4-26,33,36-37,45,47-53,63-64,72H,27-32,34-35,62H2,1-3H3,(H,65,73)(H,66,74)(H,67,77)(H,68,75)(H,69,79)(H,70,76)(H,71,78)(H,80,81)/t37-,45-,47+,48+,49+,50+,51-,52+,53-/m1/s1. The Labute approximate surface area is 489 Å². The molecule has 438 valence electrons. The van der Waals surface area contributed by atoms with E-state index in [4.69, 9.17) is 5.73 Å². The maximum Gasteiger partial charge on any atom is 0.327 e. The van der Waals surface area contributed by atoms with Gasteiger partial charge in [-0.1, -0.05) is 169 Å². The molecule has 1 aliphatic rings. The molecule has 20 nitrogen and oxygen atoms in total. The number of nitrogens with one attached hydrogen (secondary N) is 9. The highest BCUT2D eigenvalue weighted by atomic mass is 33.1. The van der Waals surface area contributed by atoms with E-state index < -0.39 is 102 Å². The fourth-order valence-corrected chi connectivity index (χ4v) is 11.5. The van der Waals surface area contributed by atoms with Gasteiger partial charge in [0.25, 0.3) is 0 Å². The number of amides is 7. The summed E-state index contributed by atoms with van der Waals surface area (Å²) in [5, 5.41) is 44.7. The fourth-order valence-electron chi connectivity index (χ4n) is 9.24. The van der Waals surface area contributed by atoms with Crippen LogP contribution in [-0.4, -0.2) is 135 Å². The number of aromatic nitrogens is 1. The molecule has 0 radical (unpaired) electrons. The van der Waals surface area contributed by atoms with Crippen molar-refractivity contribution in [2.24, 2.45) is 5.73 Å². The second-order valence-electron chi connectivity index (χ2n) is 20.8. The number of carbonyl (C=O) groups is 8. The predicted octanol–water partition coefficient (Wildman–Crippen LogP) is 2.76. The molecule has 9 atom stereocenters. The van der Waals surface area contributed by atoms with E-state index in [9.17, 15) is 39.0 Å². The number of benzene rings is 5. The lowest BCUT2D eigenvalue weighted by atomic mass is 9.99. The van der Waals surface area contributed by atoms with Crippen molar-refractivity contribution in [1.82, 2.24) is 47.5 Å². The maximum absolute atomic E-state index is 15.2. The van der Waals surface area contributed by atoms with E-state index >= 15 is 9.59 Å². The average molecular weight is 1170 g/mol. The monoisotopic (exact) mass is 1170 g/mol. The Morgan fingerprint density at radius 3 is 1.39 bits per heavy atom. The molecule has 0 aliphatic carbocycles. The highest BCUT2D eigenvalue weighted by Crippen LogP contribution is 2.24. The largest absolute Gasteiger partial charge is 0.480 e. The number of nitrogens with two attached hydrogens (primary N) is 1. The molecule has 2 heterocycles. The van der Waals surface area contributed by atoms with Gasteiger partial charge in [-0.2, -0.15) is 0 Å². The Balaban J connectivity index is 1.29. The zero-order valence-electron chi connectivity index (χ0n) is 46.3. The number of rotatable bonds is 15. The first-order chi connectivity index (χ1) is 39.9. The van der Waals surface area contributed by atoms with E-state index in [0.29, 0.717) is 34.4 Å². The van der Waals surface area contributed by atoms with Crippen LogP contribution in [0.15, 0.2) is 146 Å². The summed E-state index contributed by atoms with van der Waals surface area (Å²) < 4.78 is 0. The number of para-hydroxylation sites is 1. The lowest BCUT2D eigenvalue weighted by Crippen LogP contribution is -2.62. The van der Waals surface area contributed by atoms with E-state index in [1.807, 2.05) is 50.2 Å². The van der Waals surface area contributed by atoms with E-state index in [0.717, 1.165) is 38.1 Å². The van der Waals surface area contributed by atoms with Gasteiger partial charge in [0, 0.05) is 73.3 Å². The van der Waals surface area contributed by atoms with Crippen LogP contribution in [0, 0.1) is 0 Å². The van der Waals surface area contributed by atoms with Crippen LogP contribution in [0.1, 0.15) is 54.2 Å². The first-order valence-corrected chi connectivity index (χ1v) is 29.9. The second kappa shape index (κ2) is 30.9. The molecule has 0 bridgehead atoms. The van der Waals surface area contributed by atoms with Crippen molar-refractivity contribution in [3.63, 3.8) is 0 Å². The van der Waals surface area contributed by atoms with Gasteiger partial charge in [0.1, 0.15) is 42.3 Å². The molecule has 1 aliphatic heterocycles. The van der Waals surface area contributed by atoms with Crippen molar-refractivity contribution in [1.29, 1.82) is 0 Å². The molecule has 0 unspecified atom stereocenters. The molecule has 7 amide bonds. The van der Waals surface area contributed by atoms with E-state index in [1.54, 1.807) is 109 Å². The fraction of sp³-hybridized carbons (Fsp3) is 0.344. The number of hydrogen-bond acceptors (Lipinski definition) is 13. The van der Waals surface area contributed by atoms with Crippen LogP contribution >= 0.6 is 21.6 Å². The number of hydrogen-bond donors (Lipinski definition) is 12. The Bertz CT molecular complexity index is 3150. The molecule has 0 saturated carbocycles. The molecular formula is C61H72N10O10S2. The van der Waals surface area contributed by atoms with Gasteiger partial charge in [-0.15, -0.1) is 0 Å². The number of aliphatic hydroxyl groups is 1. The van der Waals surface area contributed by atoms with Crippen LogP contribution in [-0.2, 0) is 77.0 Å². The summed E-state index contributed by atoms with van der Waals surface area (Å²) in [5.74, 6) is -7.51. The van der Waals surface area contributed by atoms with Gasteiger partial charge in [0.15, 0.2) is 0 Å². The van der Waals surface area contributed by atoms with Crippen LogP contribution in [0.2, 0.25) is 0 Å². The van der Waals surface area contributed by atoms with Gasteiger partial charge >= 0.3 is 5.97 Å². The third-order valence-corrected chi connectivity index (χ3v) is 16.3. The third kappa shape index (κ3) is 19.0. The van der Waals surface area contributed by atoms with Crippen molar-refractivity contribution in [3.05, 3.63) is 179 Å². The molecule has 1 fully saturated rings. The quantitative estimate of drug-likeness (QED) is 0.0659.